The zero-order valence-corrected chi connectivity index (χ0v) is 49.1. The van der Waals surface area contributed by atoms with E-state index >= 15 is 0 Å². The molecule has 12 N–H and O–H groups in total. The predicted molar refractivity (Wildman–Crippen MR) is 284 cm³/mol. The zero-order chi connectivity index (χ0) is 60.3. The molecule has 80 heavy (non-hydrogen) atoms. The van der Waals surface area contributed by atoms with Crippen LogP contribution in [0.1, 0.15) is 61.8 Å². The summed E-state index contributed by atoms with van der Waals surface area (Å²) in [6, 6.07) is 6.07. The van der Waals surface area contributed by atoms with E-state index in [4.69, 9.17) is 93.4 Å². The number of aliphatic hydroxyl groups is 6. The number of amides is 2. The van der Waals surface area contributed by atoms with Crippen molar-refractivity contribution in [3.05, 3.63) is 35.4 Å². The summed E-state index contributed by atoms with van der Waals surface area (Å²) < 4.78 is 79.3. The van der Waals surface area contributed by atoms with E-state index in [0.717, 1.165) is 11.3 Å². The van der Waals surface area contributed by atoms with E-state index < -0.39 is 92.2 Å². The van der Waals surface area contributed by atoms with Crippen molar-refractivity contribution in [2.24, 2.45) is 40.9 Å². The third-order valence-electron chi connectivity index (χ3n) is 15.5. The molecular weight excluding hydrogens is 1060 g/mol. The maximum Gasteiger partial charge on any atom is 0.261 e. The highest BCUT2D eigenvalue weighted by molar-refractivity contribution is 6.21. The molecule has 25 atom stereocenters. The molecule has 6 heterocycles. The minimum absolute atomic E-state index is 0.00546. The highest BCUT2D eigenvalue weighted by atomic mass is 16.7. The van der Waals surface area contributed by atoms with E-state index in [0.29, 0.717) is 17.7 Å². The third-order valence-corrected chi connectivity index (χ3v) is 15.5. The lowest BCUT2D eigenvalue weighted by atomic mass is 9.91. The van der Waals surface area contributed by atoms with Gasteiger partial charge in [0.25, 0.3) is 11.8 Å². The van der Waals surface area contributed by atoms with E-state index in [1.807, 2.05) is 27.7 Å². The number of hydrogen-bond donors (Lipinski definition) is 9. The van der Waals surface area contributed by atoms with Gasteiger partial charge in [-0.15, -0.1) is 0 Å². The molecular formula is C53H96N4O23. The summed E-state index contributed by atoms with van der Waals surface area (Å²) in [6.07, 6.45) is -9.43. The summed E-state index contributed by atoms with van der Waals surface area (Å²) in [5.74, 6) is -1.38. The Labute approximate surface area is 470 Å². The SMILES string of the molecule is CCC1OC(OC)[C@@H](C)[C@@H](O)[C@@H]1OC.COC1OC(CN)[C@@H](OC)[C@H](O)[C@@H]1C.COC1OC(CN)[C@@H](OC)[C@H](O)[C@@H]1N.COC1OC(CN2C(=O)c3ccccc3C2=O)[C@@H](OC)[C@H](O)[C@@H]1C.COC1OC(CO)[C@@H](OC)[C@H](O)[C@@H]1C. The van der Waals surface area contributed by atoms with Crippen LogP contribution in [0.5, 0.6) is 0 Å². The van der Waals surface area contributed by atoms with Crippen LogP contribution in [-0.2, 0) is 71.1 Å². The predicted octanol–water partition coefficient (Wildman–Crippen LogP) is -1.84. The number of nitrogens with two attached hydrogens (primary N) is 3. The molecule has 0 spiro atoms. The molecule has 0 bridgehead atoms. The van der Waals surface area contributed by atoms with Crippen molar-refractivity contribution in [2.75, 3.05) is 97.3 Å². The Morgan fingerprint density at radius 2 is 0.738 bits per heavy atom. The van der Waals surface area contributed by atoms with Crippen LogP contribution in [0.15, 0.2) is 24.3 Å². The molecule has 0 aliphatic carbocycles. The molecule has 6 aliphatic heterocycles. The van der Waals surface area contributed by atoms with Crippen molar-refractivity contribution in [3.8, 4) is 0 Å². The van der Waals surface area contributed by atoms with Gasteiger partial charge in [-0.25, -0.2) is 0 Å². The van der Waals surface area contributed by atoms with E-state index in [1.165, 1.54) is 42.7 Å². The largest absolute Gasteiger partial charge is 0.394 e. The maximum atomic E-state index is 12.5. The monoisotopic (exact) mass is 1160 g/mol. The highest BCUT2D eigenvalue weighted by Gasteiger charge is 2.49. The summed E-state index contributed by atoms with van der Waals surface area (Å²) >= 11 is 0. The Morgan fingerprint density at radius 3 is 1.06 bits per heavy atom. The Hall–Kier alpha value is -2.60. The minimum atomic E-state index is -0.827. The first-order valence-electron chi connectivity index (χ1n) is 26.8. The van der Waals surface area contributed by atoms with Gasteiger partial charge in [0.05, 0.1) is 60.8 Å². The number of aliphatic hydroxyl groups excluding tert-OH is 6. The molecule has 1 aromatic carbocycles. The number of methoxy groups -OCH3 is 10. The summed E-state index contributed by atoms with van der Waals surface area (Å²) in [6.45, 7) is 9.74. The van der Waals surface area contributed by atoms with Crippen molar-refractivity contribution < 1.29 is 111 Å². The van der Waals surface area contributed by atoms with Gasteiger partial charge in [0, 0.05) is 108 Å². The lowest BCUT2D eigenvalue weighted by Gasteiger charge is -2.43. The smallest absolute Gasteiger partial charge is 0.261 e. The first-order valence-corrected chi connectivity index (χ1v) is 26.8. The first kappa shape index (κ1) is 71.7. The molecule has 466 valence electrons. The van der Waals surface area contributed by atoms with Crippen molar-refractivity contribution >= 4 is 11.8 Å². The molecule has 27 nitrogen and oxygen atoms in total. The topological polar surface area (TPSA) is 375 Å². The Morgan fingerprint density at radius 1 is 0.450 bits per heavy atom. The van der Waals surface area contributed by atoms with Gasteiger partial charge < -0.3 is 119 Å². The van der Waals surface area contributed by atoms with Gasteiger partial charge in [0.15, 0.2) is 31.5 Å². The van der Waals surface area contributed by atoms with E-state index in [9.17, 15) is 35.1 Å². The van der Waals surface area contributed by atoms with Crippen LogP contribution in [0.3, 0.4) is 0 Å². The van der Waals surface area contributed by atoms with Crippen LogP contribution in [0, 0.1) is 23.7 Å². The fourth-order valence-electron chi connectivity index (χ4n) is 10.5. The van der Waals surface area contributed by atoms with Crippen molar-refractivity contribution in [1.29, 1.82) is 0 Å². The lowest BCUT2D eigenvalue weighted by Crippen LogP contribution is -2.63. The van der Waals surface area contributed by atoms with E-state index in [1.54, 1.807) is 59.6 Å². The molecule has 2 amide bonds. The summed E-state index contributed by atoms with van der Waals surface area (Å²) in [4.78, 5) is 26.1. The number of fused-ring (bicyclic) bond motifs is 1. The van der Waals surface area contributed by atoms with Crippen LogP contribution in [0.25, 0.3) is 0 Å². The van der Waals surface area contributed by atoms with Gasteiger partial charge in [-0.1, -0.05) is 46.8 Å². The van der Waals surface area contributed by atoms with Crippen LogP contribution in [0.4, 0.5) is 0 Å². The van der Waals surface area contributed by atoms with Gasteiger partial charge >= 0.3 is 0 Å². The molecule has 0 saturated carbocycles. The van der Waals surface area contributed by atoms with Gasteiger partial charge in [0.2, 0.25) is 0 Å². The summed E-state index contributed by atoms with van der Waals surface area (Å²) in [5.41, 5.74) is 17.5. The van der Waals surface area contributed by atoms with Crippen LogP contribution >= 0.6 is 0 Å². The third kappa shape index (κ3) is 17.1. The standard InChI is InChI=1S/C17H21NO6.C10H20O4.C9H19NO4.C9H18O5.C8H18N2O4/c1-9-13(19)14(22-2)12(24-17(9)23-3)8-18-15(20)10-6-4-5-7-11(10)16(18)21;1-5-7-9(12-3)8(11)6(2)10(13-4)14-7;2*1-5-7(11)8(12-2)6(4-10)14-9(5)13-3;1-12-7-4(3-9)14-8(13-2)5(10)6(7)11/h4-7,9,12-14,17,19H,8H2,1-3H3;6-11H,5H2,1-4H3;5-9,11H,4,10H2,1-3H3;5-11H,4H2,1-3H3;4-8,11H,3,9-10H2,1-2H3/t9-,12?,13+,14+,17?;6-,7?,8+,9+,10?;2*5-,6?,7+,8+,9?;4?,5-,6+,7+,8?/m00000/s1. The molecule has 27 heteroatoms. The first-order chi connectivity index (χ1) is 38.1. The van der Waals surface area contributed by atoms with E-state index in [2.05, 4.69) is 0 Å². The average molecular weight is 1160 g/mol. The number of imide groups is 1. The number of rotatable bonds is 16. The molecule has 6 aliphatic rings. The number of carbonyl (C=O) groups is 2. The Kier molecular flexibility index (Phi) is 31.4. The molecule has 0 radical (unpaired) electrons. The van der Waals surface area contributed by atoms with Gasteiger partial charge in [-0.3, -0.25) is 14.5 Å². The molecule has 5 saturated heterocycles. The number of hydrogen-bond acceptors (Lipinski definition) is 26. The lowest BCUT2D eigenvalue weighted by molar-refractivity contribution is -0.279. The van der Waals surface area contributed by atoms with Crippen molar-refractivity contribution in [2.45, 2.75) is 170 Å². The molecule has 0 aromatic heterocycles. The van der Waals surface area contributed by atoms with Crippen LogP contribution < -0.4 is 17.2 Å². The van der Waals surface area contributed by atoms with Crippen LogP contribution in [0.2, 0.25) is 0 Å². The number of nitrogens with zero attached hydrogens (tertiary/aromatic N) is 1. The summed E-state index contributed by atoms with van der Waals surface area (Å²) in [7, 11) is 15.2. The molecule has 10 unspecified atom stereocenters. The highest BCUT2D eigenvalue weighted by Crippen LogP contribution is 2.33. The molecule has 1 aromatic rings. The second-order valence-corrected chi connectivity index (χ2v) is 20.2. The average Bonchev–Trinajstić information content (AvgIpc) is 3.76. The molecule has 5 fully saturated rings. The normalized spacial score (nSPS) is 40.6. The maximum absolute atomic E-state index is 12.5. The zero-order valence-electron chi connectivity index (χ0n) is 49.1. The van der Waals surface area contributed by atoms with Gasteiger partial charge in [-0.2, -0.15) is 0 Å². The fourth-order valence-corrected chi connectivity index (χ4v) is 10.5. The van der Waals surface area contributed by atoms with Gasteiger partial charge in [0.1, 0.15) is 61.0 Å². The van der Waals surface area contributed by atoms with Gasteiger partial charge in [-0.05, 0) is 18.6 Å². The number of ether oxygens (including phenoxy) is 15. The van der Waals surface area contributed by atoms with Crippen molar-refractivity contribution in [1.82, 2.24) is 4.90 Å². The van der Waals surface area contributed by atoms with E-state index in [-0.39, 0.29) is 92.0 Å². The van der Waals surface area contributed by atoms with Crippen LogP contribution in [-0.4, -0.2) is 274 Å². The quantitative estimate of drug-likeness (QED) is 0.0821. The fraction of sp³-hybridized carbons (Fsp3) is 0.849. The minimum Gasteiger partial charge on any atom is -0.394 e. The second-order valence-electron chi connectivity index (χ2n) is 20.2. The summed E-state index contributed by atoms with van der Waals surface area (Å²) in [5, 5.41) is 58.9. The Balaban J connectivity index is 0.000000269. The molecule has 7 rings (SSSR count). The van der Waals surface area contributed by atoms with Crippen molar-refractivity contribution in [3.63, 3.8) is 0 Å². The second kappa shape index (κ2) is 35.0. The number of benzene rings is 1. The number of carbonyl (C=O) groups excluding carboxylic acids is 2. The Bertz CT molecular complexity index is 1730.